The summed E-state index contributed by atoms with van der Waals surface area (Å²) in [6.45, 7) is 1.30. The second kappa shape index (κ2) is 7.66. The van der Waals surface area contributed by atoms with Gasteiger partial charge in [0.2, 0.25) is 0 Å². The Morgan fingerprint density at radius 3 is 2.57 bits per heavy atom. The summed E-state index contributed by atoms with van der Waals surface area (Å²) >= 11 is 11.7. The number of rotatable bonds is 4. The maximum atomic E-state index is 11.5. The molecule has 0 aliphatic heterocycles. The highest BCUT2D eigenvalue weighted by Crippen LogP contribution is 2.21. The van der Waals surface area contributed by atoms with E-state index in [0.717, 1.165) is 6.08 Å². The van der Waals surface area contributed by atoms with Gasteiger partial charge in [-0.3, -0.25) is 10.1 Å². The number of primary amides is 1. The fourth-order valence-electron chi connectivity index (χ4n) is 1.28. The van der Waals surface area contributed by atoms with Gasteiger partial charge in [-0.15, -0.1) is 0 Å². The molecule has 3 N–H and O–H groups in total. The van der Waals surface area contributed by atoms with Gasteiger partial charge in [-0.2, -0.15) is 0 Å². The van der Waals surface area contributed by atoms with Crippen LogP contribution in [0.5, 0.6) is 0 Å². The first-order chi connectivity index (χ1) is 9.79. The zero-order valence-corrected chi connectivity index (χ0v) is 12.4. The van der Waals surface area contributed by atoms with Gasteiger partial charge in [0.25, 0.3) is 5.91 Å². The average molecular weight is 331 g/mol. The van der Waals surface area contributed by atoms with Gasteiger partial charge in [0.05, 0.1) is 0 Å². The highest BCUT2D eigenvalue weighted by atomic mass is 35.5. The zero-order valence-electron chi connectivity index (χ0n) is 10.9. The SMILES string of the molecule is C[C@@H](OC(=O)/C=C/c1ccc(Cl)cc1Cl)C(=O)NC(N)=O. The number of amides is 3. The van der Waals surface area contributed by atoms with E-state index in [4.69, 9.17) is 33.7 Å². The second-order valence-electron chi connectivity index (χ2n) is 3.93. The van der Waals surface area contributed by atoms with Crippen molar-refractivity contribution in [2.75, 3.05) is 0 Å². The molecule has 0 aromatic heterocycles. The first kappa shape index (κ1) is 17.0. The van der Waals surface area contributed by atoms with Crippen LogP contribution in [0.2, 0.25) is 10.0 Å². The van der Waals surface area contributed by atoms with Crippen molar-refractivity contribution in [1.82, 2.24) is 5.32 Å². The molecular formula is C13H12Cl2N2O4. The molecule has 21 heavy (non-hydrogen) atoms. The van der Waals surface area contributed by atoms with Crippen molar-refractivity contribution in [3.05, 3.63) is 39.9 Å². The van der Waals surface area contributed by atoms with Crippen molar-refractivity contribution in [2.45, 2.75) is 13.0 Å². The van der Waals surface area contributed by atoms with Crippen molar-refractivity contribution in [1.29, 1.82) is 0 Å². The quantitative estimate of drug-likeness (QED) is 0.652. The third-order valence-corrected chi connectivity index (χ3v) is 2.83. The van der Waals surface area contributed by atoms with Crippen molar-refractivity contribution >= 4 is 47.2 Å². The molecule has 0 saturated carbocycles. The normalized spacial score (nSPS) is 12.0. The first-order valence-electron chi connectivity index (χ1n) is 5.73. The number of hydrogen-bond acceptors (Lipinski definition) is 4. The summed E-state index contributed by atoms with van der Waals surface area (Å²) < 4.78 is 4.78. The summed E-state index contributed by atoms with van der Waals surface area (Å²) in [5.41, 5.74) is 5.34. The van der Waals surface area contributed by atoms with Crippen LogP contribution in [0, 0.1) is 0 Å². The molecule has 1 atom stereocenters. The van der Waals surface area contributed by atoms with Crippen LogP contribution in [0.25, 0.3) is 6.08 Å². The van der Waals surface area contributed by atoms with Crippen LogP contribution in [-0.4, -0.2) is 24.0 Å². The summed E-state index contributed by atoms with van der Waals surface area (Å²) in [6.07, 6.45) is 1.36. The summed E-state index contributed by atoms with van der Waals surface area (Å²) in [7, 11) is 0. The summed E-state index contributed by atoms with van der Waals surface area (Å²) in [5.74, 6) is -1.58. The minimum absolute atomic E-state index is 0.367. The maximum Gasteiger partial charge on any atom is 0.331 e. The highest BCUT2D eigenvalue weighted by molar-refractivity contribution is 6.35. The van der Waals surface area contributed by atoms with E-state index < -0.39 is 24.0 Å². The lowest BCUT2D eigenvalue weighted by Crippen LogP contribution is -2.42. The van der Waals surface area contributed by atoms with E-state index in [-0.39, 0.29) is 0 Å². The molecule has 8 heteroatoms. The fraction of sp³-hybridized carbons (Fsp3) is 0.154. The third-order valence-electron chi connectivity index (χ3n) is 2.27. The third kappa shape index (κ3) is 5.85. The molecule has 112 valence electrons. The fourth-order valence-corrected chi connectivity index (χ4v) is 1.76. The lowest BCUT2D eigenvalue weighted by molar-refractivity contribution is -0.149. The van der Waals surface area contributed by atoms with E-state index in [9.17, 15) is 14.4 Å². The van der Waals surface area contributed by atoms with Gasteiger partial charge >= 0.3 is 12.0 Å². The standard InChI is InChI=1S/C13H12Cl2N2O4/c1-7(12(19)17-13(16)20)21-11(18)5-3-8-2-4-9(14)6-10(8)15/h2-7H,1H3,(H3,16,17,19,20)/b5-3+/t7-/m1/s1. The number of benzene rings is 1. The largest absolute Gasteiger partial charge is 0.449 e. The van der Waals surface area contributed by atoms with E-state index in [2.05, 4.69) is 0 Å². The van der Waals surface area contributed by atoms with E-state index in [1.807, 2.05) is 0 Å². The topological polar surface area (TPSA) is 98.5 Å². The number of nitrogens with one attached hydrogen (secondary N) is 1. The van der Waals surface area contributed by atoms with Crippen LogP contribution in [0.15, 0.2) is 24.3 Å². The van der Waals surface area contributed by atoms with E-state index in [1.54, 1.807) is 17.4 Å². The number of esters is 1. The summed E-state index contributed by atoms with van der Waals surface area (Å²) in [5, 5.41) is 2.64. The predicted octanol–water partition coefficient (Wildman–Crippen LogP) is 2.13. The molecule has 0 saturated heterocycles. The molecule has 1 aromatic carbocycles. The molecular weight excluding hydrogens is 319 g/mol. The Balaban J connectivity index is 2.62. The Kier molecular flexibility index (Phi) is 6.20. The molecule has 0 aliphatic carbocycles. The molecule has 6 nitrogen and oxygen atoms in total. The molecule has 1 aromatic rings. The average Bonchev–Trinajstić information content (AvgIpc) is 2.36. The van der Waals surface area contributed by atoms with Gasteiger partial charge in [-0.05, 0) is 30.7 Å². The number of hydrogen-bond donors (Lipinski definition) is 2. The zero-order chi connectivity index (χ0) is 16.0. The molecule has 0 unspecified atom stereocenters. The van der Waals surface area contributed by atoms with Crippen molar-refractivity contribution in [2.24, 2.45) is 5.73 Å². The van der Waals surface area contributed by atoms with E-state index in [1.165, 1.54) is 19.1 Å². The maximum absolute atomic E-state index is 11.5. The van der Waals surface area contributed by atoms with Crippen molar-refractivity contribution in [3.8, 4) is 0 Å². The predicted molar refractivity (Wildman–Crippen MR) is 78.8 cm³/mol. The molecule has 0 spiro atoms. The van der Waals surface area contributed by atoms with Crippen LogP contribution in [0.1, 0.15) is 12.5 Å². The van der Waals surface area contributed by atoms with Gasteiger partial charge in [0.15, 0.2) is 6.10 Å². The smallest absolute Gasteiger partial charge is 0.331 e. The van der Waals surface area contributed by atoms with Gasteiger partial charge in [-0.25, -0.2) is 9.59 Å². The van der Waals surface area contributed by atoms with Crippen LogP contribution < -0.4 is 11.1 Å². The van der Waals surface area contributed by atoms with Gasteiger partial charge in [0, 0.05) is 16.1 Å². The number of carbonyl (C=O) groups excluding carboxylic acids is 3. The minimum Gasteiger partial charge on any atom is -0.449 e. The van der Waals surface area contributed by atoms with Crippen LogP contribution >= 0.6 is 23.2 Å². The number of imide groups is 1. The number of halogens is 2. The highest BCUT2D eigenvalue weighted by Gasteiger charge is 2.17. The van der Waals surface area contributed by atoms with Gasteiger partial charge in [-0.1, -0.05) is 29.3 Å². The number of nitrogens with two attached hydrogens (primary N) is 1. The van der Waals surface area contributed by atoms with Crippen molar-refractivity contribution < 1.29 is 19.1 Å². The summed E-state index contributed by atoms with van der Waals surface area (Å²) in [4.78, 5) is 33.3. The summed E-state index contributed by atoms with van der Waals surface area (Å²) in [6, 6.07) is 3.74. The lowest BCUT2D eigenvalue weighted by atomic mass is 10.2. The van der Waals surface area contributed by atoms with E-state index in [0.29, 0.717) is 15.6 Å². The van der Waals surface area contributed by atoms with Gasteiger partial charge in [0.1, 0.15) is 0 Å². The van der Waals surface area contributed by atoms with Gasteiger partial charge < -0.3 is 10.5 Å². The van der Waals surface area contributed by atoms with Crippen LogP contribution in [0.3, 0.4) is 0 Å². The molecule has 0 heterocycles. The molecule has 0 fully saturated rings. The second-order valence-corrected chi connectivity index (χ2v) is 4.78. The molecule has 0 radical (unpaired) electrons. The molecule has 0 aliphatic rings. The Morgan fingerprint density at radius 1 is 1.33 bits per heavy atom. The molecule has 0 bridgehead atoms. The Labute approximate surface area is 130 Å². The Bertz CT molecular complexity index is 602. The van der Waals surface area contributed by atoms with Crippen LogP contribution in [0.4, 0.5) is 4.79 Å². The van der Waals surface area contributed by atoms with Crippen LogP contribution in [-0.2, 0) is 14.3 Å². The molecule has 3 amide bonds. The van der Waals surface area contributed by atoms with E-state index >= 15 is 0 Å². The minimum atomic E-state index is -1.16. The number of urea groups is 1. The number of carbonyl (C=O) groups is 3. The Morgan fingerprint density at radius 2 is 2.00 bits per heavy atom. The van der Waals surface area contributed by atoms with Crippen molar-refractivity contribution in [3.63, 3.8) is 0 Å². The first-order valence-corrected chi connectivity index (χ1v) is 6.49. The number of ether oxygens (including phenoxy) is 1. The Hall–Kier alpha value is -2.05. The monoisotopic (exact) mass is 330 g/mol. The lowest BCUT2D eigenvalue weighted by Gasteiger charge is -2.10. The molecule has 1 rings (SSSR count).